The molecular weight excluding hydrogens is 404 g/mol. The number of nitrogens with one attached hydrogen (secondary N) is 2. The van der Waals surface area contributed by atoms with Crippen molar-refractivity contribution in [3.8, 4) is 0 Å². The molecule has 0 aromatic carbocycles. The maximum absolute atomic E-state index is 12.7. The first-order chi connectivity index (χ1) is 13.9. The fourth-order valence-corrected chi connectivity index (χ4v) is 2.70. The van der Waals surface area contributed by atoms with Crippen LogP contribution in [0, 0.1) is 11.8 Å². The number of nitrogens with two attached hydrogens (primary N) is 1. The first-order valence-corrected chi connectivity index (χ1v) is 9.82. The Morgan fingerprint density at radius 1 is 1.13 bits per heavy atom. The van der Waals surface area contributed by atoms with E-state index in [-0.39, 0.29) is 31.1 Å². The van der Waals surface area contributed by atoms with E-state index >= 15 is 0 Å². The summed E-state index contributed by atoms with van der Waals surface area (Å²) in [5.41, 5.74) is 4.16. The number of rotatable bonds is 14. The molecule has 4 N–H and O–H groups in total. The molecule has 0 spiro atoms. The predicted molar refractivity (Wildman–Crippen MR) is 102 cm³/mol. The zero-order chi connectivity index (χ0) is 23.1. The smallest absolute Gasteiger partial charge is 0.345 e. The van der Waals surface area contributed by atoms with Gasteiger partial charge in [0.1, 0.15) is 11.6 Å². The molecule has 1 heterocycles. The number of ketones is 1. The number of ether oxygens (including phenoxy) is 2. The van der Waals surface area contributed by atoms with Crippen LogP contribution in [0.25, 0.3) is 0 Å². The topological polar surface area (TPSA) is 140 Å². The van der Waals surface area contributed by atoms with Gasteiger partial charge in [-0.25, -0.2) is 0 Å². The molecule has 172 valence electrons. The quantitative estimate of drug-likeness (QED) is 0.340. The van der Waals surface area contributed by atoms with Crippen LogP contribution in [0.15, 0.2) is 0 Å². The van der Waals surface area contributed by atoms with E-state index in [1.165, 1.54) is 0 Å². The fourth-order valence-electron chi connectivity index (χ4n) is 2.70. The summed E-state index contributed by atoms with van der Waals surface area (Å²) in [7, 11) is 0. The number of carbonyl (C=O) groups excluding carboxylic acids is 4. The van der Waals surface area contributed by atoms with Crippen LogP contribution >= 0.6 is 0 Å². The average Bonchev–Trinajstić information content (AvgIpc) is 3.39. The average molecular weight is 435 g/mol. The molecule has 1 aliphatic rings. The van der Waals surface area contributed by atoms with Gasteiger partial charge in [0.05, 0.1) is 19.3 Å². The summed E-state index contributed by atoms with van der Waals surface area (Å²) in [4.78, 5) is 48.5. The van der Waals surface area contributed by atoms with Gasteiger partial charge >= 0.3 is 6.61 Å². The monoisotopic (exact) mass is 435 g/mol. The van der Waals surface area contributed by atoms with Crippen molar-refractivity contribution in [3.63, 3.8) is 0 Å². The minimum Gasteiger partial charge on any atom is -0.369 e. The van der Waals surface area contributed by atoms with Gasteiger partial charge in [-0.1, -0.05) is 20.8 Å². The molecule has 0 unspecified atom stereocenters. The molecule has 3 amide bonds. The highest BCUT2D eigenvalue weighted by atomic mass is 19.3. The third-order valence-electron chi connectivity index (χ3n) is 4.77. The van der Waals surface area contributed by atoms with Crippen LogP contribution in [0.3, 0.4) is 0 Å². The van der Waals surface area contributed by atoms with Gasteiger partial charge in [-0.15, -0.1) is 0 Å². The van der Waals surface area contributed by atoms with E-state index in [1.807, 2.05) is 13.8 Å². The Kier molecular flexibility index (Phi) is 9.76. The lowest BCUT2D eigenvalue weighted by atomic mass is 9.93. The van der Waals surface area contributed by atoms with E-state index < -0.39 is 54.5 Å². The summed E-state index contributed by atoms with van der Waals surface area (Å²) in [6.07, 6.45) is 0.314. The van der Waals surface area contributed by atoms with Crippen LogP contribution in [-0.2, 0) is 28.7 Å². The molecule has 0 aromatic rings. The number of hydrogen-bond acceptors (Lipinski definition) is 6. The minimum absolute atomic E-state index is 0.0576. The van der Waals surface area contributed by atoms with Gasteiger partial charge in [-0.3, -0.25) is 19.2 Å². The van der Waals surface area contributed by atoms with Crippen LogP contribution in [0.5, 0.6) is 0 Å². The number of Topliss-reactive ketones (excluding diaryl/α,β-unsaturated/α-hetero) is 1. The van der Waals surface area contributed by atoms with Crippen LogP contribution in [0.2, 0.25) is 0 Å². The van der Waals surface area contributed by atoms with Crippen molar-refractivity contribution in [2.45, 2.75) is 71.3 Å². The highest BCUT2D eigenvalue weighted by molar-refractivity contribution is 5.97. The Morgan fingerprint density at radius 2 is 1.73 bits per heavy atom. The van der Waals surface area contributed by atoms with Gasteiger partial charge in [0.25, 0.3) is 0 Å². The number of carbonyl (C=O) groups is 4. The summed E-state index contributed by atoms with van der Waals surface area (Å²) in [6.45, 7) is 3.19. The minimum atomic E-state index is -3.14. The number of primary amides is 1. The van der Waals surface area contributed by atoms with Crippen molar-refractivity contribution in [2.24, 2.45) is 17.6 Å². The molecule has 1 fully saturated rings. The first kappa shape index (κ1) is 25.9. The summed E-state index contributed by atoms with van der Waals surface area (Å²) in [5.74, 6) is -2.86. The highest BCUT2D eigenvalue weighted by Crippen LogP contribution is 2.29. The van der Waals surface area contributed by atoms with Crippen molar-refractivity contribution in [1.82, 2.24) is 10.6 Å². The number of epoxide rings is 1. The SMILES string of the molecule is CC(C)C[C@H](NC(=O)[C@H](COC(F)F)NC(=O)CC[C@H](C)C(N)=O)C(=O)[C@@]1(C)CO1. The third kappa shape index (κ3) is 8.70. The molecule has 11 heteroatoms. The van der Waals surface area contributed by atoms with E-state index in [1.54, 1.807) is 13.8 Å². The standard InChI is InChI=1S/C19H31F2N3O6/c1-10(2)7-12(15(26)19(4)9-30-19)24-17(28)13(8-29-18(20)21)23-14(25)6-5-11(3)16(22)27/h10-13,18H,5-9H2,1-4H3,(H2,22,27)(H,23,25)(H,24,28)/t11-,12-,13-,19+/m0/s1. The summed E-state index contributed by atoms with van der Waals surface area (Å²) in [6, 6.07) is -2.34. The maximum Gasteiger partial charge on any atom is 0.345 e. The Labute approximate surface area is 174 Å². The molecular formula is C19H31F2N3O6. The van der Waals surface area contributed by atoms with Gasteiger partial charge in [0.15, 0.2) is 5.78 Å². The van der Waals surface area contributed by atoms with Gasteiger partial charge < -0.3 is 25.8 Å². The Hall–Kier alpha value is -2.14. The molecule has 30 heavy (non-hydrogen) atoms. The fraction of sp³-hybridized carbons (Fsp3) is 0.789. The molecule has 9 nitrogen and oxygen atoms in total. The second-order valence-corrected chi connectivity index (χ2v) is 8.13. The van der Waals surface area contributed by atoms with Crippen LogP contribution < -0.4 is 16.4 Å². The van der Waals surface area contributed by atoms with Crippen LogP contribution in [0.1, 0.15) is 47.0 Å². The third-order valence-corrected chi connectivity index (χ3v) is 4.77. The lowest BCUT2D eigenvalue weighted by molar-refractivity contribution is -0.148. The summed E-state index contributed by atoms with van der Waals surface area (Å²) < 4.78 is 34.3. The molecule has 0 radical (unpaired) electrons. The lowest BCUT2D eigenvalue weighted by Gasteiger charge is -2.25. The van der Waals surface area contributed by atoms with Crippen molar-refractivity contribution >= 4 is 23.5 Å². The van der Waals surface area contributed by atoms with E-state index in [0.29, 0.717) is 6.42 Å². The van der Waals surface area contributed by atoms with Gasteiger partial charge in [-0.05, 0) is 25.7 Å². The molecule has 0 aliphatic carbocycles. The van der Waals surface area contributed by atoms with Gasteiger partial charge in [0, 0.05) is 12.3 Å². The number of halogens is 2. The van der Waals surface area contributed by atoms with Crippen molar-refractivity contribution in [1.29, 1.82) is 0 Å². The predicted octanol–water partition coefficient (Wildman–Crippen LogP) is 0.501. The molecule has 0 saturated carbocycles. The second kappa shape index (κ2) is 11.3. The zero-order valence-electron chi connectivity index (χ0n) is 17.7. The first-order valence-electron chi connectivity index (χ1n) is 9.82. The van der Waals surface area contributed by atoms with E-state index in [0.717, 1.165) is 0 Å². The van der Waals surface area contributed by atoms with E-state index in [4.69, 9.17) is 10.5 Å². The molecule has 1 saturated heterocycles. The second-order valence-electron chi connectivity index (χ2n) is 8.13. The van der Waals surface area contributed by atoms with E-state index in [9.17, 15) is 28.0 Å². The lowest BCUT2D eigenvalue weighted by Crippen LogP contribution is -2.55. The van der Waals surface area contributed by atoms with Gasteiger partial charge in [0.2, 0.25) is 17.7 Å². The molecule has 0 aromatic heterocycles. The Balaban J connectivity index is 2.80. The highest BCUT2D eigenvalue weighted by Gasteiger charge is 2.50. The molecule has 1 rings (SSSR count). The van der Waals surface area contributed by atoms with Crippen molar-refractivity contribution in [3.05, 3.63) is 0 Å². The Morgan fingerprint density at radius 3 is 2.20 bits per heavy atom. The number of hydrogen-bond donors (Lipinski definition) is 3. The largest absolute Gasteiger partial charge is 0.369 e. The van der Waals surface area contributed by atoms with Crippen LogP contribution in [0.4, 0.5) is 8.78 Å². The molecule has 0 bridgehead atoms. The van der Waals surface area contributed by atoms with E-state index in [2.05, 4.69) is 15.4 Å². The zero-order valence-corrected chi connectivity index (χ0v) is 17.7. The summed E-state index contributed by atoms with van der Waals surface area (Å²) in [5, 5.41) is 4.84. The maximum atomic E-state index is 12.7. The number of amides is 3. The van der Waals surface area contributed by atoms with Crippen LogP contribution in [-0.4, -0.2) is 61.0 Å². The Bertz CT molecular complexity index is 640. The number of alkyl halides is 2. The molecule has 1 aliphatic heterocycles. The van der Waals surface area contributed by atoms with Crippen molar-refractivity contribution < 1.29 is 37.4 Å². The van der Waals surface area contributed by atoms with Crippen molar-refractivity contribution in [2.75, 3.05) is 13.2 Å². The summed E-state index contributed by atoms with van der Waals surface area (Å²) >= 11 is 0. The molecule has 4 atom stereocenters. The van der Waals surface area contributed by atoms with Gasteiger partial charge in [-0.2, -0.15) is 8.78 Å². The normalized spacial score (nSPS) is 21.1.